The van der Waals surface area contributed by atoms with Crippen LogP contribution in [0.5, 0.6) is 0 Å². The monoisotopic (exact) mass is 535 g/mol. The molecule has 0 radical (unpaired) electrons. The molecule has 0 bridgehead atoms. The summed E-state index contributed by atoms with van der Waals surface area (Å²) in [5.74, 6) is -5.24. The van der Waals surface area contributed by atoms with Crippen molar-refractivity contribution in [2.45, 2.75) is 75.6 Å². The van der Waals surface area contributed by atoms with E-state index >= 15 is 4.39 Å². The number of rotatable bonds is 4. The molecule has 2 aromatic carbocycles. The smallest absolute Gasteiger partial charge is 0.238 e. The maximum atomic E-state index is 15.6. The van der Waals surface area contributed by atoms with Gasteiger partial charge in [0.15, 0.2) is 11.6 Å². The zero-order chi connectivity index (χ0) is 26.9. The number of nitrogens with one attached hydrogen (secondary N) is 3. The Morgan fingerprint density at radius 3 is 2.51 bits per heavy atom. The molecule has 5 rings (SSSR count). The molecule has 2 heterocycles. The van der Waals surface area contributed by atoms with Gasteiger partial charge < -0.3 is 21.1 Å². The summed E-state index contributed by atoms with van der Waals surface area (Å²) in [7, 11) is 0. The maximum absolute atomic E-state index is 15.6. The first-order valence-corrected chi connectivity index (χ1v) is 12.7. The predicted molar refractivity (Wildman–Crippen MR) is 133 cm³/mol. The van der Waals surface area contributed by atoms with Crippen LogP contribution in [0.1, 0.15) is 57.1 Å². The number of halogens is 4. The van der Waals surface area contributed by atoms with Crippen LogP contribution in [0.25, 0.3) is 0 Å². The van der Waals surface area contributed by atoms with Crippen LogP contribution < -0.4 is 16.0 Å². The normalized spacial score (nSPS) is 30.7. The van der Waals surface area contributed by atoms with Crippen molar-refractivity contribution in [1.82, 2.24) is 10.6 Å². The summed E-state index contributed by atoms with van der Waals surface area (Å²) in [6.45, 7) is 5.87. The number of amides is 2. The highest BCUT2D eigenvalue weighted by molar-refractivity contribution is 6.30. The lowest BCUT2D eigenvalue weighted by Gasteiger charge is -2.38. The molecular formula is C27H29ClF3N3O3. The van der Waals surface area contributed by atoms with Gasteiger partial charge in [0.05, 0.1) is 17.2 Å². The number of hydrogen-bond acceptors (Lipinski definition) is 4. The van der Waals surface area contributed by atoms with Gasteiger partial charge in [0.2, 0.25) is 11.8 Å². The first-order valence-electron chi connectivity index (χ1n) is 12.3. The van der Waals surface area contributed by atoms with E-state index in [9.17, 15) is 23.5 Å². The van der Waals surface area contributed by atoms with Crippen LogP contribution in [-0.4, -0.2) is 41.2 Å². The lowest BCUT2D eigenvalue weighted by molar-refractivity contribution is -0.125. The van der Waals surface area contributed by atoms with Crippen molar-refractivity contribution < 1.29 is 27.9 Å². The number of benzene rings is 2. The van der Waals surface area contributed by atoms with Gasteiger partial charge in [-0.3, -0.25) is 9.59 Å². The quantitative estimate of drug-likeness (QED) is 0.473. The summed E-state index contributed by atoms with van der Waals surface area (Å²) in [4.78, 5) is 27.6. The number of aliphatic hydroxyl groups excluding tert-OH is 1. The Bertz CT molecular complexity index is 1280. The number of hydrogen-bond donors (Lipinski definition) is 4. The minimum absolute atomic E-state index is 0.0259. The molecule has 10 heteroatoms. The SMILES string of the molecule is CC(C)(C)C[C@@H]1N[C@@H](C(=O)N[C@H]2C[C@@H](O)C2)[C@H](c2cccc(Cl)c2F)[C@]12C(=O)Nc1cc(F)c(F)cc12. The molecule has 4 N–H and O–H groups in total. The number of carbonyl (C=O) groups is 2. The molecule has 198 valence electrons. The zero-order valence-corrected chi connectivity index (χ0v) is 21.4. The fraction of sp³-hybridized carbons (Fsp3) is 0.481. The van der Waals surface area contributed by atoms with Crippen molar-refractivity contribution in [2.75, 3.05) is 5.32 Å². The largest absolute Gasteiger partial charge is 0.393 e. The molecule has 0 unspecified atom stereocenters. The van der Waals surface area contributed by atoms with Gasteiger partial charge in [0, 0.05) is 29.8 Å². The summed E-state index contributed by atoms with van der Waals surface area (Å²) in [5.41, 5.74) is -1.72. The van der Waals surface area contributed by atoms with Crippen LogP contribution in [0.2, 0.25) is 5.02 Å². The van der Waals surface area contributed by atoms with Crippen LogP contribution in [-0.2, 0) is 15.0 Å². The molecule has 2 fully saturated rings. The second kappa shape index (κ2) is 8.99. The van der Waals surface area contributed by atoms with Gasteiger partial charge in [-0.2, -0.15) is 0 Å². The Labute approximate surface area is 218 Å². The van der Waals surface area contributed by atoms with E-state index < -0.39 is 58.8 Å². The van der Waals surface area contributed by atoms with Gasteiger partial charge in [-0.15, -0.1) is 0 Å². The highest BCUT2D eigenvalue weighted by Crippen LogP contribution is 2.57. The van der Waals surface area contributed by atoms with E-state index in [2.05, 4.69) is 16.0 Å². The van der Waals surface area contributed by atoms with Crippen molar-refractivity contribution in [1.29, 1.82) is 0 Å². The van der Waals surface area contributed by atoms with Crippen molar-refractivity contribution in [3.05, 3.63) is 63.9 Å². The fourth-order valence-corrected chi connectivity index (χ4v) is 6.34. The molecule has 1 saturated heterocycles. The van der Waals surface area contributed by atoms with Crippen molar-refractivity contribution in [3.63, 3.8) is 0 Å². The van der Waals surface area contributed by atoms with E-state index in [1.807, 2.05) is 20.8 Å². The molecule has 1 saturated carbocycles. The number of anilines is 1. The van der Waals surface area contributed by atoms with Gasteiger partial charge in [0.1, 0.15) is 11.2 Å². The van der Waals surface area contributed by atoms with Crippen molar-refractivity contribution in [3.8, 4) is 0 Å². The lowest BCUT2D eigenvalue weighted by Crippen LogP contribution is -2.53. The van der Waals surface area contributed by atoms with Crippen LogP contribution in [0.15, 0.2) is 30.3 Å². The highest BCUT2D eigenvalue weighted by Gasteiger charge is 2.66. The molecule has 1 aliphatic carbocycles. The molecular weight excluding hydrogens is 507 g/mol. The van der Waals surface area contributed by atoms with Gasteiger partial charge in [-0.25, -0.2) is 13.2 Å². The third-order valence-electron chi connectivity index (χ3n) is 7.76. The maximum Gasteiger partial charge on any atom is 0.238 e. The standard InChI is InChI=1S/C27H29ClF3N3O3/c1-26(2,3)11-20-27(15-9-17(29)18(30)10-19(15)33-25(27)37)21(14-5-4-6-16(28)22(14)31)23(34-20)24(36)32-12-7-13(35)8-12/h4-6,9-10,12-13,20-21,23,34-35H,7-8,11H2,1-3H3,(H,32,36)(H,33,37)/t12-,13+,20-,21-,23+,27+/m0/s1. The summed E-state index contributed by atoms with van der Waals surface area (Å²) < 4.78 is 44.5. The third kappa shape index (κ3) is 4.21. The van der Waals surface area contributed by atoms with E-state index in [1.165, 1.54) is 18.2 Å². The van der Waals surface area contributed by atoms with Crippen LogP contribution in [0.3, 0.4) is 0 Å². The Hall–Kier alpha value is -2.62. The number of aliphatic hydroxyl groups is 1. The van der Waals surface area contributed by atoms with E-state index in [-0.39, 0.29) is 33.3 Å². The van der Waals surface area contributed by atoms with Crippen LogP contribution >= 0.6 is 11.6 Å². The Morgan fingerprint density at radius 1 is 1.19 bits per heavy atom. The molecule has 3 aliphatic rings. The zero-order valence-electron chi connectivity index (χ0n) is 20.7. The Kier molecular flexibility index (Phi) is 6.32. The lowest BCUT2D eigenvalue weighted by atomic mass is 9.62. The van der Waals surface area contributed by atoms with E-state index in [4.69, 9.17) is 11.6 Å². The molecule has 2 amide bonds. The number of fused-ring (bicyclic) bond motifs is 2. The summed E-state index contributed by atoms with van der Waals surface area (Å²) in [6, 6.07) is 4.16. The van der Waals surface area contributed by atoms with Crippen LogP contribution in [0, 0.1) is 22.9 Å². The van der Waals surface area contributed by atoms with Gasteiger partial charge in [0.25, 0.3) is 0 Å². The molecule has 4 atom stereocenters. The van der Waals surface area contributed by atoms with E-state index in [0.29, 0.717) is 19.3 Å². The Balaban J connectivity index is 1.73. The molecule has 2 aliphatic heterocycles. The minimum Gasteiger partial charge on any atom is -0.393 e. The van der Waals surface area contributed by atoms with Crippen molar-refractivity contribution >= 4 is 29.1 Å². The fourth-order valence-electron chi connectivity index (χ4n) is 6.16. The highest BCUT2D eigenvalue weighted by atomic mass is 35.5. The summed E-state index contributed by atoms with van der Waals surface area (Å²) in [6.07, 6.45) is 0.634. The second-order valence-electron chi connectivity index (χ2n) is 11.5. The van der Waals surface area contributed by atoms with E-state index in [1.54, 1.807) is 0 Å². The van der Waals surface area contributed by atoms with Gasteiger partial charge >= 0.3 is 0 Å². The summed E-state index contributed by atoms with van der Waals surface area (Å²) in [5, 5.41) is 18.3. The average Bonchev–Trinajstić information content (AvgIpc) is 3.24. The molecule has 6 nitrogen and oxygen atoms in total. The van der Waals surface area contributed by atoms with E-state index in [0.717, 1.165) is 12.1 Å². The molecule has 0 aromatic heterocycles. The average molecular weight is 536 g/mol. The number of carbonyl (C=O) groups excluding carboxylic acids is 2. The first-order chi connectivity index (χ1) is 17.3. The molecule has 2 aromatic rings. The Morgan fingerprint density at radius 2 is 1.86 bits per heavy atom. The van der Waals surface area contributed by atoms with Gasteiger partial charge in [-0.1, -0.05) is 44.5 Å². The van der Waals surface area contributed by atoms with Crippen LogP contribution in [0.4, 0.5) is 18.9 Å². The molecule has 1 spiro atoms. The summed E-state index contributed by atoms with van der Waals surface area (Å²) >= 11 is 6.14. The topological polar surface area (TPSA) is 90.5 Å². The predicted octanol–water partition coefficient (Wildman–Crippen LogP) is 4.15. The second-order valence-corrected chi connectivity index (χ2v) is 12.0. The molecule has 37 heavy (non-hydrogen) atoms. The third-order valence-corrected chi connectivity index (χ3v) is 8.05. The van der Waals surface area contributed by atoms with Gasteiger partial charge in [-0.05, 0) is 47.9 Å². The first kappa shape index (κ1) is 26.0. The minimum atomic E-state index is -1.64. The van der Waals surface area contributed by atoms with Crippen molar-refractivity contribution in [2.24, 2.45) is 5.41 Å².